The van der Waals surface area contributed by atoms with E-state index < -0.39 is 0 Å². The summed E-state index contributed by atoms with van der Waals surface area (Å²) in [4.78, 5) is 28.9. The van der Waals surface area contributed by atoms with Gasteiger partial charge in [0.25, 0.3) is 0 Å². The van der Waals surface area contributed by atoms with Crippen molar-refractivity contribution in [2.45, 2.75) is 159 Å². The van der Waals surface area contributed by atoms with E-state index in [2.05, 4.69) is 169 Å². The molecule has 15 heteroatoms. The quantitative estimate of drug-likeness (QED) is 0.110. The third kappa shape index (κ3) is 37.0. The first-order valence-electron chi connectivity index (χ1n) is 30.8. The van der Waals surface area contributed by atoms with Crippen molar-refractivity contribution in [3.05, 3.63) is 293 Å². The predicted octanol–water partition coefficient (Wildman–Crippen LogP) is 15.4. The Balaban J connectivity index is 0. The largest absolute Gasteiger partial charge is 3.00 e. The Kier molecular flexibility index (Phi) is 47.8. The number of aromatic nitrogens is 5. The molecule has 4 aromatic carbocycles. The number of nitrogens with zero attached hydrogens (tertiary/aromatic N) is 9. The number of benzene rings is 4. The maximum atomic E-state index is 12.3. The summed E-state index contributed by atoms with van der Waals surface area (Å²) in [6.07, 6.45) is 21.4. The molecule has 2 radical (unpaired) electrons. The Labute approximate surface area is 654 Å². The van der Waals surface area contributed by atoms with Crippen molar-refractivity contribution >= 4 is 34.2 Å². The van der Waals surface area contributed by atoms with Gasteiger partial charge in [-0.15, -0.1) is 22.9 Å². The van der Waals surface area contributed by atoms with E-state index >= 15 is 0 Å². The van der Waals surface area contributed by atoms with Gasteiger partial charge in [-0.05, 0) is 142 Å². The molecule has 0 aliphatic heterocycles. The number of allylic oxidation sites excluding steroid dienone is 4. The third-order valence-electron chi connectivity index (χ3n) is 13.2. The van der Waals surface area contributed by atoms with Gasteiger partial charge in [0, 0.05) is 73.4 Å². The van der Waals surface area contributed by atoms with Gasteiger partial charge >= 0.3 is 93.8 Å². The zero-order valence-electron chi connectivity index (χ0n) is 58.0. The molecule has 0 saturated heterocycles. The minimum atomic E-state index is -0.0578. The summed E-state index contributed by atoms with van der Waals surface area (Å²) in [6, 6.07) is 52.3. The molecule has 0 N–H and O–H groups in total. The van der Waals surface area contributed by atoms with Crippen molar-refractivity contribution in [3.63, 3.8) is 0 Å². The molecule has 512 valence electrons. The van der Waals surface area contributed by atoms with Crippen molar-refractivity contribution < 1.29 is 129 Å². The molecule has 0 atom stereocenters. The second-order valence-electron chi connectivity index (χ2n) is 24.5. The Morgan fingerprint density at radius 3 is 0.755 bits per heavy atom. The maximum Gasteiger partial charge on any atom is 3.00 e. The molecular formula is C79H97Cl2N9O2Yb2. The van der Waals surface area contributed by atoms with Crippen molar-refractivity contribution in [1.82, 2.24) is 24.9 Å². The number of hydrogen-bond donors (Lipinski definition) is 0. The normalized spacial score (nSPS) is 11.0. The fraction of sp³-hybridized carbons (Fsp3) is 0.304. The number of pyridine rings is 5. The first-order chi connectivity index (χ1) is 42.8. The van der Waals surface area contributed by atoms with Gasteiger partial charge < -0.3 is 45.7 Å². The van der Waals surface area contributed by atoms with E-state index in [1.54, 1.807) is 74.1 Å². The van der Waals surface area contributed by atoms with Crippen molar-refractivity contribution in [1.29, 1.82) is 0 Å². The molecule has 5 heterocycles. The summed E-state index contributed by atoms with van der Waals surface area (Å²) in [5, 5.41) is 33.8. The van der Waals surface area contributed by atoms with E-state index in [1.165, 1.54) is 22.3 Å². The summed E-state index contributed by atoms with van der Waals surface area (Å²) >= 11 is 0. The van der Waals surface area contributed by atoms with Crippen LogP contribution in [0, 0.1) is 93.8 Å². The van der Waals surface area contributed by atoms with Gasteiger partial charge in [-0.25, -0.2) is 0 Å². The SMILES string of the molecule is CC(/C=C(/C)[N-]c1cc(C(C)(C)C)ccc1[O-])=Nc1c(C(C)C)cccc1C(C)C.CC(/C=C(/C)[N-]c1cc(C(C)(C)C)ccc1[O-])=Nc1c(C(C)C)cccc1C(C)C.[Cl-].[Cl-].[Yb+3].[Yb+3].c1ccncc1.c1ccncc1.c1ccncc1.c1ccncc1.c1ccncc1. The molecule has 9 aromatic rings. The first-order valence-corrected chi connectivity index (χ1v) is 30.8. The zero-order chi connectivity index (χ0) is 66.5. The molecule has 5 aromatic heterocycles. The van der Waals surface area contributed by atoms with Crippen LogP contribution in [-0.2, 0) is 10.8 Å². The summed E-state index contributed by atoms with van der Waals surface area (Å²) in [6.45, 7) is 38.2. The number of para-hydroxylation sites is 2. The number of rotatable bonds is 12. The molecule has 0 fully saturated rings. The topological polar surface area (TPSA) is 163 Å². The van der Waals surface area contributed by atoms with Crippen LogP contribution >= 0.6 is 0 Å². The van der Waals surface area contributed by atoms with E-state index in [1.807, 2.05) is 155 Å². The minimum Gasteiger partial charge on any atom is -1.00 e. The average molecular weight is 1620 g/mol. The Hall–Kier alpha value is -5.73. The molecule has 0 amide bonds. The predicted molar refractivity (Wildman–Crippen MR) is 379 cm³/mol. The number of hydrogen-bond acceptors (Lipinski definition) is 9. The monoisotopic (exact) mass is 1620 g/mol. The minimum absolute atomic E-state index is 0. The molecule has 0 saturated carbocycles. The molecule has 0 aliphatic carbocycles. The summed E-state index contributed by atoms with van der Waals surface area (Å²) in [5.41, 5.74) is 13.5. The van der Waals surface area contributed by atoms with E-state index in [-0.39, 0.29) is 141 Å². The maximum absolute atomic E-state index is 12.3. The van der Waals surface area contributed by atoms with Crippen LogP contribution in [0.5, 0.6) is 11.5 Å². The van der Waals surface area contributed by atoms with Gasteiger partial charge in [-0.3, -0.25) is 34.9 Å². The van der Waals surface area contributed by atoms with E-state index in [0.29, 0.717) is 35.0 Å². The molecule has 0 aliphatic rings. The van der Waals surface area contributed by atoms with Crippen LogP contribution in [0.3, 0.4) is 0 Å². The molecule has 0 bridgehead atoms. The number of aliphatic imine (C=N–C) groups is 2. The smallest absolute Gasteiger partial charge is 1.00 e. The second kappa shape index (κ2) is 49.7. The van der Waals surface area contributed by atoms with Crippen molar-refractivity contribution in [2.24, 2.45) is 9.98 Å². The van der Waals surface area contributed by atoms with Crippen LogP contribution in [0.25, 0.3) is 10.6 Å². The fourth-order valence-electron chi connectivity index (χ4n) is 8.45. The van der Waals surface area contributed by atoms with E-state index in [9.17, 15) is 10.2 Å². The van der Waals surface area contributed by atoms with Gasteiger partial charge in [0.2, 0.25) is 0 Å². The van der Waals surface area contributed by atoms with Crippen LogP contribution in [0.15, 0.2) is 259 Å². The summed E-state index contributed by atoms with van der Waals surface area (Å²) in [5.74, 6) is 1.47. The van der Waals surface area contributed by atoms with Gasteiger partial charge in [-0.1, -0.05) is 226 Å². The second-order valence-corrected chi connectivity index (χ2v) is 24.5. The summed E-state index contributed by atoms with van der Waals surface area (Å²) < 4.78 is 0. The molecular weight excluding hydrogens is 1520 g/mol. The number of halogens is 2. The standard InChI is InChI=1S/2C27H37N2O.5C5H5N.2ClH.2Yb/c2*1-17(2)22-11-10-12-23(18(3)4)26(22)29-20(6)15-19(5)28-24-16-21(27(7,8)9)13-14-25(24)30;5*1-2-4-6-5-3-1;;;;/h2*10-18H,1-9H3,(H-,28,29,30);5*1-5H;2*1H;;/q2*-1;;;;;;;;2*+3/p-4. The molecule has 0 spiro atoms. The third-order valence-corrected chi connectivity index (χ3v) is 13.2. The Morgan fingerprint density at radius 1 is 0.362 bits per heavy atom. The van der Waals surface area contributed by atoms with E-state index in [4.69, 9.17) is 9.98 Å². The van der Waals surface area contributed by atoms with E-state index in [0.717, 1.165) is 45.3 Å². The van der Waals surface area contributed by atoms with Crippen LogP contribution in [0.4, 0.5) is 22.7 Å². The van der Waals surface area contributed by atoms with Gasteiger partial charge in [0.1, 0.15) is 0 Å². The molecule has 11 nitrogen and oxygen atoms in total. The van der Waals surface area contributed by atoms with Crippen LogP contribution in [0.2, 0.25) is 0 Å². The summed E-state index contributed by atoms with van der Waals surface area (Å²) in [7, 11) is 0. The Morgan fingerprint density at radius 2 is 0.585 bits per heavy atom. The van der Waals surface area contributed by atoms with Crippen molar-refractivity contribution in [3.8, 4) is 11.5 Å². The molecule has 94 heavy (non-hydrogen) atoms. The zero-order valence-corrected chi connectivity index (χ0v) is 62.9. The van der Waals surface area contributed by atoms with Crippen LogP contribution in [0.1, 0.15) is 182 Å². The van der Waals surface area contributed by atoms with Gasteiger partial charge in [0.05, 0.1) is 11.4 Å². The molecule has 0 unspecified atom stereocenters. The molecule has 9 rings (SSSR count). The Bertz CT molecular complexity index is 3020. The van der Waals surface area contributed by atoms with Crippen molar-refractivity contribution in [2.75, 3.05) is 0 Å². The van der Waals surface area contributed by atoms with Crippen LogP contribution < -0.4 is 35.0 Å². The van der Waals surface area contributed by atoms with Crippen LogP contribution in [-0.4, -0.2) is 36.3 Å². The average Bonchev–Trinajstić information content (AvgIpc) is 0.873. The fourth-order valence-corrected chi connectivity index (χ4v) is 8.45. The first kappa shape index (κ1) is 90.3. The van der Waals surface area contributed by atoms with Gasteiger partial charge in [-0.2, -0.15) is 11.4 Å². The van der Waals surface area contributed by atoms with Gasteiger partial charge in [0.15, 0.2) is 0 Å².